The largest absolute Gasteiger partial charge is 0.495 e. The molecule has 0 bridgehead atoms. The van der Waals surface area contributed by atoms with Gasteiger partial charge in [-0.25, -0.2) is 0 Å². The van der Waals surface area contributed by atoms with E-state index in [0.717, 1.165) is 4.47 Å². The van der Waals surface area contributed by atoms with Crippen molar-refractivity contribution in [3.63, 3.8) is 0 Å². The van der Waals surface area contributed by atoms with Gasteiger partial charge in [0, 0.05) is 10.9 Å². The van der Waals surface area contributed by atoms with Crippen LogP contribution in [-0.4, -0.2) is 24.1 Å². The van der Waals surface area contributed by atoms with Crippen molar-refractivity contribution >= 4 is 33.5 Å². The summed E-state index contributed by atoms with van der Waals surface area (Å²) in [5.41, 5.74) is -0.0483. The number of carbonyl (C=O) groups excluding carboxylic acids is 1. The van der Waals surface area contributed by atoms with Gasteiger partial charge in [-0.05, 0) is 23.6 Å². The van der Waals surface area contributed by atoms with Crippen molar-refractivity contribution in [3.8, 4) is 5.75 Å². The van der Waals surface area contributed by atoms with E-state index in [4.69, 9.17) is 9.84 Å². The smallest absolute Gasteiger partial charge is 0.303 e. The van der Waals surface area contributed by atoms with Gasteiger partial charge in [0.2, 0.25) is 5.91 Å². The monoisotopic (exact) mass is 343 g/mol. The number of ether oxygens (including phenoxy) is 1. The zero-order valence-electron chi connectivity index (χ0n) is 11.7. The summed E-state index contributed by atoms with van der Waals surface area (Å²) in [6.45, 7) is 3.50. The lowest BCUT2D eigenvalue weighted by molar-refractivity contribution is -0.139. The highest BCUT2D eigenvalue weighted by atomic mass is 79.9. The lowest BCUT2D eigenvalue weighted by Gasteiger charge is -2.21. The maximum atomic E-state index is 12.0. The minimum absolute atomic E-state index is 0.0595. The Labute approximate surface area is 126 Å². The van der Waals surface area contributed by atoms with E-state index < -0.39 is 11.4 Å². The molecule has 0 aliphatic rings. The second-order valence-corrected chi connectivity index (χ2v) is 6.22. The maximum absolute atomic E-state index is 12.0. The fraction of sp³-hybridized carbons (Fsp3) is 0.429. The average molecular weight is 344 g/mol. The lowest BCUT2D eigenvalue weighted by Crippen LogP contribution is -2.25. The number of rotatable bonds is 6. The van der Waals surface area contributed by atoms with Crippen LogP contribution in [0.1, 0.15) is 26.7 Å². The summed E-state index contributed by atoms with van der Waals surface area (Å²) in [5.74, 6) is -0.604. The zero-order chi connectivity index (χ0) is 15.3. The summed E-state index contributed by atoms with van der Waals surface area (Å²) in [6.07, 6.45) is 0.0605. The van der Waals surface area contributed by atoms with Gasteiger partial charge < -0.3 is 15.2 Å². The number of halogens is 1. The van der Waals surface area contributed by atoms with Gasteiger partial charge >= 0.3 is 5.97 Å². The van der Waals surface area contributed by atoms with Crippen LogP contribution in [-0.2, 0) is 9.59 Å². The molecule has 0 saturated heterocycles. The molecule has 0 atom stereocenters. The second kappa shape index (κ2) is 6.74. The minimum Gasteiger partial charge on any atom is -0.495 e. The van der Waals surface area contributed by atoms with Gasteiger partial charge in [0.15, 0.2) is 0 Å². The molecule has 1 aromatic rings. The molecule has 1 rings (SSSR count). The predicted octanol–water partition coefficient (Wildman–Crippen LogP) is 3.29. The van der Waals surface area contributed by atoms with Crippen LogP contribution in [0.4, 0.5) is 5.69 Å². The van der Waals surface area contributed by atoms with Crippen molar-refractivity contribution < 1.29 is 19.4 Å². The van der Waals surface area contributed by atoms with Crippen molar-refractivity contribution in [3.05, 3.63) is 22.7 Å². The first kappa shape index (κ1) is 16.5. The average Bonchev–Trinajstić information content (AvgIpc) is 2.26. The molecule has 5 nitrogen and oxygen atoms in total. The van der Waals surface area contributed by atoms with Gasteiger partial charge in [-0.15, -0.1) is 0 Å². The Bertz CT molecular complexity index is 514. The predicted molar refractivity (Wildman–Crippen MR) is 80.0 cm³/mol. The molecule has 1 amide bonds. The van der Waals surface area contributed by atoms with E-state index in [0.29, 0.717) is 11.4 Å². The number of carboxylic acids is 1. The van der Waals surface area contributed by atoms with E-state index in [2.05, 4.69) is 21.2 Å². The number of methoxy groups -OCH3 is 1. The highest BCUT2D eigenvalue weighted by molar-refractivity contribution is 9.10. The highest BCUT2D eigenvalue weighted by Gasteiger charge is 2.25. The van der Waals surface area contributed by atoms with E-state index in [1.165, 1.54) is 7.11 Å². The van der Waals surface area contributed by atoms with Crippen molar-refractivity contribution in [1.29, 1.82) is 0 Å². The molecule has 20 heavy (non-hydrogen) atoms. The molecule has 0 heterocycles. The maximum Gasteiger partial charge on any atom is 0.303 e. The molecule has 0 fully saturated rings. The molecule has 0 aromatic heterocycles. The molecule has 2 N–H and O–H groups in total. The fourth-order valence-electron chi connectivity index (χ4n) is 1.88. The molecule has 0 aliphatic heterocycles. The third kappa shape index (κ3) is 5.21. The Morgan fingerprint density at radius 2 is 2.00 bits per heavy atom. The van der Waals surface area contributed by atoms with Gasteiger partial charge in [-0.1, -0.05) is 29.8 Å². The summed E-state index contributed by atoms with van der Waals surface area (Å²) in [6, 6.07) is 5.28. The van der Waals surface area contributed by atoms with Crippen molar-refractivity contribution in [2.24, 2.45) is 5.41 Å². The van der Waals surface area contributed by atoms with Gasteiger partial charge in [-0.3, -0.25) is 9.59 Å². The number of aliphatic carboxylic acids is 1. The van der Waals surface area contributed by atoms with Crippen LogP contribution in [0.3, 0.4) is 0 Å². The normalized spacial score (nSPS) is 11.0. The number of anilines is 1. The fourth-order valence-corrected chi connectivity index (χ4v) is 2.24. The molecule has 110 valence electrons. The number of hydrogen-bond donors (Lipinski definition) is 2. The van der Waals surface area contributed by atoms with Gasteiger partial charge in [0.05, 0.1) is 19.2 Å². The molecule has 0 spiro atoms. The van der Waals surface area contributed by atoms with E-state index in [1.54, 1.807) is 26.0 Å². The second-order valence-electron chi connectivity index (χ2n) is 5.30. The lowest BCUT2D eigenvalue weighted by atomic mass is 9.85. The van der Waals surface area contributed by atoms with E-state index in [-0.39, 0.29) is 18.7 Å². The number of hydrogen-bond acceptors (Lipinski definition) is 3. The Morgan fingerprint density at radius 1 is 1.35 bits per heavy atom. The quantitative estimate of drug-likeness (QED) is 0.830. The number of nitrogens with one attached hydrogen (secondary N) is 1. The van der Waals surface area contributed by atoms with Crippen molar-refractivity contribution in [2.75, 3.05) is 12.4 Å². The summed E-state index contributed by atoms with van der Waals surface area (Å²) in [5, 5.41) is 11.6. The van der Waals surface area contributed by atoms with Crippen LogP contribution in [0.15, 0.2) is 22.7 Å². The van der Waals surface area contributed by atoms with E-state index >= 15 is 0 Å². The van der Waals surface area contributed by atoms with Crippen LogP contribution in [0.25, 0.3) is 0 Å². The third-order valence-corrected chi connectivity index (χ3v) is 3.20. The molecule has 0 unspecified atom stereocenters. The molecule has 0 aliphatic carbocycles. The number of carbonyl (C=O) groups is 2. The topological polar surface area (TPSA) is 75.6 Å². The van der Waals surface area contributed by atoms with Crippen LogP contribution in [0.5, 0.6) is 5.75 Å². The number of carboxylic acid groups (broad SMARTS) is 1. The number of benzene rings is 1. The van der Waals surface area contributed by atoms with Crippen LogP contribution < -0.4 is 10.1 Å². The van der Waals surface area contributed by atoms with E-state index in [9.17, 15) is 9.59 Å². The molecule has 6 heteroatoms. The Morgan fingerprint density at radius 3 is 2.55 bits per heavy atom. The Hall–Kier alpha value is -1.56. The summed E-state index contributed by atoms with van der Waals surface area (Å²) < 4.78 is 5.98. The number of amides is 1. The van der Waals surface area contributed by atoms with Gasteiger partial charge in [0.25, 0.3) is 0 Å². The standard InChI is InChI=1S/C14H18BrNO4/c1-14(2,8-13(18)19)7-12(17)16-10-6-9(15)4-5-11(10)20-3/h4-6H,7-8H2,1-3H3,(H,16,17)(H,18,19). The molecule has 0 radical (unpaired) electrons. The molecule has 0 saturated carbocycles. The molecular formula is C14H18BrNO4. The molecular weight excluding hydrogens is 326 g/mol. The first-order chi connectivity index (χ1) is 9.23. The SMILES string of the molecule is COc1ccc(Br)cc1NC(=O)CC(C)(C)CC(=O)O. The minimum atomic E-state index is -0.914. The van der Waals surface area contributed by atoms with Crippen molar-refractivity contribution in [2.45, 2.75) is 26.7 Å². The zero-order valence-corrected chi connectivity index (χ0v) is 13.3. The summed E-state index contributed by atoms with van der Waals surface area (Å²) in [7, 11) is 1.52. The summed E-state index contributed by atoms with van der Waals surface area (Å²) >= 11 is 3.32. The Kier molecular flexibility index (Phi) is 5.56. The third-order valence-electron chi connectivity index (χ3n) is 2.70. The molecule has 1 aromatic carbocycles. The first-order valence-electron chi connectivity index (χ1n) is 6.09. The highest BCUT2D eigenvalue weighted by Crippen LogP contribution is 2.30. The van der Waals surface area contributed by atoms with Crippen LogP contribution in [0.2, 0.25) is 0 Å². The van der Waals surface area contributed by atoms with Gasteiger partial charge in [-0.2, -0.15) is 0 Å². The Balaban J connectivity index is 2.76. The summed E-state index contributed by atoms with van der Waals surface area (Å²) in [4.78, 5) is 22.8. The van der Waals surface area contributed by atoms with Crippen LogP contribution >= 0.6 is 15.9 Å². The first-order valence-corrected chi connectivity index (χ1v) is 6.88. The van der Waals surface area contributed by atoms with Gasteiger partial charge in [0.1, 0.15) is 5.75 Å². The van der Waals surface area contributed by atoms with Crippen molar-refractivity contribution in [1.82, 2.24) is 0 Å². The van der Waals surface area contributed by atoms with Crippen LogP contribution in [0, 0.1) is 5.41 Å². The van der Waals surface area contributed by atoms with E-state index in [1.807, 2.05) is 6.07 Å².